The molecule has 1 aromatic heterocycles. The molecule has 2 N–H and O–H groups in total. The Morgan fingerprint density at radius 3 is 2.70 bits per heavy atom. The van der Waals surface area contributed by atoms with Gasteiger partial charge in [-0.1, -0.05) is 17.7 Å². The van der Waals surface area contributed by atoms with E-state index in [4.69, 9.17) is 11.6 Å². The number of aromatic nitrogens is 2. The molecular formula is C15H17ClN4O2S. The second kappa shape index (κ2) is 6.33. The van der Waals surface area contributed by atoms with E-state index in [1.807, 2.05) is 25.1 Å². The van der Waals surface area contributed by atoms with Crippen molar-refractivity contribution in [1.82, 2.24) is 9.97 Å². The van der Waals surface area contributed by atoms with E-state index in [0.29, 0.717) is 23.1 Å². The highest BCUT2D eigenvalue weighted by Gasteiger charge is 2.27. The fraction of sp³-hybridized carbons (Fsp3) is 0.333. The summed E-state index contributed by atoms with van der Waals surface area (Å²) in [7, 11) is -2.92. The van der Waals surface area contributed by atoms with Crippen LogP contribution in [-0.2, 0) is 9.84 Å². The first-order valence-corrected chi connectivity index (χ1v) is 9.43. The molecule has 1 saturated heterocycles. The Morgan fingerprint density at radius 2 is 2.00 bits per heavy atom. The largest absolute Gasteiger partial charge is 0.366 e. The monoisotopic (exact) mass is 352 g/mol. The van der Waals surface area contributed by atoms with Crippen molar-refractivity contribution in [2.24, 2.45) is 0 Å². The van der Waals surface area contributed by atoms with Crippen LogP contribution in [0.25, 0.3) is 0 Å². The molecular weight excluding hydrogens is 336 g/mol. The fourth-order valence-corrected chi connectivity index (χ4v) is 4.29. The van der Waals surface area contributed by atoms with E-state index in [2.05, 4.69) is 20.6 Å². The molecule has 0 bridgehead atoms. The topological polar surface area (TPSA) is 84.0 Å². The molecule has 0 amide bonds. The molecule has 2 heterocycles. The molecule has 0 saturated carbocycles. The summed E-state index contributed by atoms with van der Waals surface area (Å²) in [5, 5.41) is 6.99. The molecule has 1 fully saturated rings. The maximum atomic E-state index is 11.5. The summed E-state index contributed by atoms with van der Waals surface area (Å²) in [5.41, 5.74) is 1.83. The molecule has 122 valence electrons. The smallest absolute Gasteiger partial charge is 0.152 e. The van der Waals surface area contributed by atoms with Crippen LogP contribution in [0.3, 0.4) is 0 Å². The maximum absolute atomic E-state index is 11.5. The number of hydrogen-bond donors (Lipinski definition) is 2. The summed E-state index contributed by atoms with van der Waals surface area (Å²) in [5.74, 6) is 1.59. The normalized spacial score (nSPS) is 19.5. The first-order chi connectivity index (χ1) is 10.9. The zero-order valence-electron chi connectivity index (χ0n) is 12.6. The number of halogens is 1. The lowest BCUT2D eigenvalue weighted by Gasteiger charge is -2.12. The van der Waals surface area contributed by atoms with Crippen LogP contribution < -0.4 is 10.6 Å². The predicted molar refractivity (Wildman–Crippen MR) is 92.2 cm³/mol. The van der Waals surface area contributed by atoms with Gasteiger partial charge in [0.05, 0.1) is 11.5 Å². The van der Waals surface area contributed by atoms with Gasteiger partial charge in [0.1, 0.15) is 18.0 Å². The van der Waals surface area contributed by atoms with Crippen molar-refractivity contribution in [3.05, 3.63) is 41.2 Å². The Morgan fingerprint density at radius 1 is 1.22 bits per heavy atom. The molecule has 1 atom stereocenters. The van der Waals surface area contributed by atoms with E-state index in [0.717, 1.165) is 11.3 Å². The van der Waals surface area contributed by atoms with E-state index in [9.17, 15) is 8.42 Å². The Kier molecular flexibility index (Phi) is 4.41. The number of rotatable bonds is 4. The van der Waals surface area contributed by atoms with E-state index in [1.54, 1.807) is 6.07 Å². The number of sulfone groups is 1. The summed E-state index contributed by atoms with van der Waals surface area (Å²) in [6, 6.07) is 7.32. The lowest BCUT2D eigenvalue weighted by Crippen LogP contribution is -2.21. The summed E-state index contributed by atoms with van der Waals surface area (Å²) >= 11 is 6.11. The molecule has 0 spiro atoms. The lowest BCUT2D eigenvalue weighted by atomic mass is 10.2. The highest BCUT2D eigenvalue weighted by Crippen LogP contribution is 2.23. The molecule has 1 unspecified atom stereocenters. The molecule has 1 aliphatic rings. The van der Waals surface area contributed by atoms with E-state index in [-0.39, 0.29) is 17.5 Å². The van der Waals surface area contributed by atoms with Gasteiger partial charge in [0, 0.05) is 22.8 Å². The first kappa shape index (κ1) is 16.0. The van der Waals surface area contributed by atoms with Crippen LogP contribution in [0.1, 0.15) is 12.0 Å². The first-order valence-electron chi connectivity index (χ1n) is 7.23. The molecule has 8 heteroatoms. The van der Waals surface area contributed by atoms with Crippen molar-refractivity contribution in [1.29, 1.82) is 0 Å². The van der Waals surface area contributed by atoms with Crippen molar-refractivity contribution >= 4 is 38.8 Å². The van der Waals surface area contributed by atoms with Crippen LogP contribution in [0, 0.1) is 6.92 Å². The van der Waals surface area contributed by atoms with Gasteiger partial charge in [-0.25, -0.2) is 18.4 Å². The Hall–Kier alpha value is -1.86. The second-order valence-corrected chi connectivity index (χ2v) is 8.26. The van der Waals surface area contributed by atoms with Crippen LogP contribution >= 0.6 is 11.6 Å². The van der Waals surface area contributed by atoms with Gasteiger partial charge in [-0.05, 0) is 31.0 Å². The molecule has 6 nitrogen and oxygen atoms in total. The standard InChI is InChI=1S/C15H17ClN4O2S/c1-10-2-3-11(6-13(10)16)19-14-7-15(18-9-17-14)20-12-4-5-23(21,22)8-12/h2-3,6-7,9,12H,4-5,8H2,1H3,(H2,17,18,19,20). The third kappa shape index (κ3) is 4.11. The molecule has 1 aromatic carbocycles. The Balaban J connectivity index is 1.71. The third-order valence-corrected chi connectivity index (χ3v) is 5.87. The summed E-state index contributed by atoms with van der Waals surface area (Å²) in [6.07, 6.45) is 2.03. The van der Waals surface area contributed by atoms with Crippen molar-refractivity contribution in [3.8, 4) is 0 Å². The number of anilines is 3. The molecule has 3 rings (SSSR count). The zero-order valence-corrected chi connectivity index (χ0v) is 14.2. The van der Waals surface area contributed by atoms with Crippen LogP contribution in [0.4, 0.5) is 17.3 Å². The van der Waals surface area contributed by atoms with Crippen molar-refractivity contribution in [2.75, 3.05) is 22.1 Å². The SMILES string of the molecule is Cc1ccc(Nc2cc(NC3CCS(=O)(=O)C3)ncn2)cc1Cl. The summed E-state index contributed by atoms with van der Waals surface area (Å²) < 4.78 is 23.0. The quantitative estimate of drug-likeness (QED) is 0.880. The summed E-state index contributed by atoms with van der Waals surface area (Å²) in [4.78, 5) is 8.31. The van der Waals surface area contributed by atoms with Gasteiger partial charge in [0.2, 0.25) is 0 Å². The average molecular weight is 353 g/mol. The average Bonchev–Trinajstić information content (AvgIpc) is 2.82. The van der Waals surface area contributed by atoms with Gasteiger partial charge < -0.3 is 10.6 Å². The predicted octanol–water partition coefficient (Wildman–Crippen LogP) is 2.78. The molecule has 1 aliphatic heterocycles. The van der Waals surface area contributed by atoms with Crippen LogP contribution in [-0.4, -0.2) is 35.9 Å². The lowest BCUT2D eigenvalue weighted by molar-refractivity contribution is 0.602. The second-order valence-electron chi connectivity index (χ2n) is 5.62. The zero-order chi connectivity index (χ0) is 16.4. The molecule has 0 radical (unpaired) electrons. The third-order valence-electron chi connectivity index (χ3n) is 3.70. The maximum Gasteiger partial charge on any atom is 0.152 e. The van der Waals surface area contributed by atoms with Gasteiger partial charge in [0.25, 0.3) is 0 Å². The van der Waals surface area contributed by atoms with Gasteiger partial charge >= 0.3 is 0 Å². The number of hydrogen-bond acceptors (Lipinski definition) is 6. The van der Waals surface area contributed by atoms with Crippen molar-refractivity contribution < 1.29 is 8.42 Å². The van der Waals surface area contributed by atoms with Gasteiger partial charge in [-0.2, -0.15) is 0 Å². The highest BCUT2D eigenvalue weighted by molar-refractivity contribution is 7.91. The van der Waals surface area contributed by atoms with E-state index >= 15 is 0 Å². The van der Waals surface area contributed by atoms with Crippen molar-refractivity contribution in [2.45, 2.75) is 19.4 Å². The molecule has 2 aromatic rings. The molecule has 0 aliphatic carbocycles. The molecule has 23 heavy (non-hydrogen) atoms. The minimum absolute atomic E-state index is 0.100. The number of aryl methyl sites for hydroxylation is 1. The van der Waals surface area contributed by atoms with Gasteiger partial charge in [0.15, 0.2) is 9.84 Å². The van der Waals surface area contributed by atoms with Crippen LogP contribution in [0.15, 0.2) is 30.6 Å². The van der Waals surface area contributed by atoms with E-state index < -0.39 is 9.84 Å². The van der Waals surface area contributed by atoms with Crippen LogP contribution in [0.2, 0.25) is 5.02 Å². The fourth-order valence-electron chi connectivity index (χ4n) is 2.44. The Labute approximate surface area is 140 Å². The minimum Gasteiger partial charge on any atom is -0.366 e. The van der Waals surface area contributed by atoms with Crippen LogP contribution in [0.5, 0.6) is 0 Å². The van der Waals surface area contributed by atoms with Crippen molar-refractivity contribution in [3.63, 3.8) is 0 Å². The number of nitrogens with zero attached hydrogens (tertiary/aromatic N) is 2. The minimum atomic E-state index is -2.92. The van der Waals surface area contributed by atoms with Gasteiger partial charge in [-0.15, -0.1) is 0 Å². The van der Waals surface area contributed by atoms with Gasteiger partial charge in [-0.3, -0.25) is 0 Å². The number of benzene rings is 1. The Bertz CT molecular complexity index is 826. The highest BCUT2D eigenvalue weighted by atomic mass is 35.5. The number of nitrogens with one attached hydrogen (secondary N) is 2. The van der Waals surface area contributed by atoms with E-state index in [1.165, 1.54) is 6.33 Å². The summed E-state index contributed by atoms with van der Waals surface area (Å²) in [6.45, 7) is 1.94.